The lowest BCUT2D eigenvalue weighted by atomic mass is 10.0. The predicted molar refractivity (Wildman–Crippen MR) is 93.5 cm³/mol. The summed E-state index contributed by atoms with van der Waals surface area (Å²) >= 11 is 0. The monoisotopic (exact) mass is 357 g/mol. The topological polar surface area (TPSA) is 72.9 Å². The number of carbonyl (C=O) groups is 3. The third-order valence-electron chi connectivity index (χ3n) is 4.55. The number of amides is 2. The molecule has 6 heteroatoms. The average molecular weight is 357 g/mol. The zero-order valence-electron chi connectivity index (χ0n) is 14.6. The molecule has 26 heavy (non-hydrogen) atoms. The molecule has 0 N–H and O–H groups in total. The number of imide groups is 1. The summed E-state index contributed by atoms with van der Waals surface area (Å²) in [4.78, 5) is 41.3. The zero-order chi connectivity index (χ0) is 18.4. The van der Waals surface area contributed by atoms with Crippen LogP contribution in [-0.4, -0.2) is 29.0 Å². The van der Waals surface area contributed by atoms with Crippen LogP contribution in [0, 0.1) is 0 Å². The van der Waals surface area contributed by atoms with Crippen molar-refractivity contribution in [3.8, 4) is 0 Å². The van der Waals surface area contributed by atoms with Gasteiger partial charge in [-0.3, -0.25) is 9.59 Å². The standard InChI is InChI=1S/C20H23NO5/c22-17-13-14-18(23)21(17)26-20(24)19(15-9-5-4-6-10-15)25-16-11-7-2-1-3-8-12-16/h1-2,4-6,9-10,16,19H,3,7-8,11-14H2/b2-1+. The molecule has 1 saturated heterocycles. The van der Waals surface area contributed by atoms with Gasteiger partial charge in [0.1, 0.15) is 0 Å². The normalized spacial score (nSPS) is 23.2. The first kappa shape index (κ1) is 18.3. The van der Waals surface area contributed by atoms with E-state index in [1.807, 2.05) is 18.2 Å². The molecule has 1 aliphatic heterocycles. The Morgan fingerprint density at radius 1 is 1.00 bits per heavy atom. The van der Waals surface area contributed by atoms with Gasteiger partial charge in [0.15, 0.2) is 6.10 Å². The molecule has 1 aromatic rings. The quantitative estimate of drug-likeness (QED) is 0.597. The van der Waals surface area contributed by atoms with E-state index in [-0.39, 0.29) is 18.9 Å². The minimum atomic E-state index is -0.967. The largest absolute Gasteiger partial charge is 0.366 e. The van der Waals surface area contributed by atoms with E-state index in [1.165, 1.54) is 0 Å². The van der Waals surface area contributed by atoms with Crippen LogP contribution >= 0.6 is 0 Å². The van der Waals surface area contributed by atoms with Crippen LogP contribution in [0.25, 0.3) is 0 Å². The van der Waals surface area contributed by atoms with Crippen LogP contribution in [0.4, 0.5) is 0 Å². The van der Waals surface area contributed by atoms with Crippen LogP contribution < -0.4 is 0 Å². The second-order valence-electron chi connectivity index (χ2n) is 6.52. The first-order valence-electron chi connectivity index (χ1n) is 9.08. The third-order valence-corrected chi connectivity index (χ3v) is 4.55. The van der Waals surface area contributed by atoms with E-state index in [0.717, 1.165) is 32.1 Å². The van der Waals surface area contributed by atoms with Crippen LogP contribution in [0.5, 0.6) is 0 Å². The maximum atomic E-state index is 12.7. The summed E-state index contributed by atoms with van der Waals surface area (Å²) in [6, 6.07) is 9.03. The number of rotatable bonds is 5. The second-order valence-corrected chi connectivity index (χ2v) is 6.52. The highest BCUT2D eigenvalue weighted by Gasteiger charge is 2.36. The molecular formula is C20H23NO5. The third kappa shape index (κ3) is 4.58. The van der Waals surface area contributed by atoms with Crippen molar-refractivity contribution in [1.82, 2.24) is 5.06 Å². The maximum Gasteiger partial charge on any atom is 0.366 e. The summed E-state index contributed by atoms with van der Waals surface area (Å²) < 4.78 is 6.10. The summed E-state index contributed by atoms with van der Waals surface area (Å²) in [7, 11) is 0. The molecule has 1 heterocycles. The molecule has 1 fully saturated rings. The van der Waals surface area contributed by atoms with Gasteiger partial charge in [-0.25, -0.2) is 4.79 Å². The molecule has 0 spiro atoms. The molecule has 0 radical (unpaired) electrons. The zero-order valence-corrected chi connectivity index (χ0v) is 14.6. The first-order valence-corrected chi connectivity index (χ1v) is 9.08. The Kier molecular flexibility index (Phi) is 6.17. The van der Waals surface area contributed by atoms with Gasteiger partial charge in [-0.1, -0.05) is 42.5 Å². The lowest BCUT2D eigenvalue weighted by Crippen LogP contribution is -2.35. The van der Waals surface area contributed by atoms with Gasteiger partial charge in [0.05, 0.1) is 6.10 Å². The molecule has 2 aliphatic rings. The number of nitrogens with zero attached hydrogens (tertiary/aromatic N) is 1. The van der Waals surface area contributed by atoms with Gasteiger partial charge >= 0.3 is 5.97 Å². The van der Waals surface area contributed by atoms with Gasteiger partial charge in [-0.2, -0.15) is 0 Å². The number of hydrogen-bond acceptors (Lipinski definition) is 5. The molecule has 3 rings (SSSR count). The van der Waals surface area contributed by atoms with E-state index in [4.69, 9.17) is 9.57 Å². The predicted octanol–water partition coefficient (Wildman–Crippen LogP) is 3.24. The number of hydrogen-bond donors (Lipinski definition) is 0. The lowest BCUT2D eigenvalue weighted by molar-refractivity contribution is -0.208. The van der Waals surface area contributed by atoms with E-state index < -0.39 is 23.9 Å². The van der Waals surface area contributed by atoms with Crippen molar-refractivity contribution in [3.63, 3.8) is 0 Å². The summed E-state index contributed by atoms with van der Waals surface area (Å²) in [6.45, 7) is 0. The molecule has 1 aliphatic carbocycles. The van der Waals surface area contributed by atoms with Crippen LogP contribution in [-0.2, 0) is 24.0 Å². The Hall–Kier alpha value is -2.47. The van der Waals surface area contributed by atoms with Gasteiger partial charge in [0, 0.05) is 12.8 Å². The van der Waals surface area contributed by atoms with Crippen molar-refractivity contribution >= 4 is 17.8 Å². The fourth-order valence-corrected chi connectivity index (χ4v) is 3.15. The van der Waals surface area contributed by atoms with Crippen LogP contribution in [0.3, 0.4) is 0 Å². The summed E-state index contributed by atoms with van der Waals surface area (Å²) in [5.74, 6) is -1.73. The smallest absolute Gasteiger partial charge is 0.358 e. The Morgan fingerprint density at radius 3 is 2.42 bits per heavy atom. The fraction of sp³-hybridized carbons (Fsp3) is 0.450. The number of ether oxygens (including phenoxy) is 1. The number of benzene rings is 1. The van der Waals surface area contributed by atoms with E-state index >= 15 is 0 Å². The lowest BCUT2D eigenvalue weighted by Gasteiger charge is -2.25. The highest BCUT2D eigenvalue weighted by Crippen LogP contribution is 2.27. The number of allylic oxidation sites excluding steroid dienone is 2. The Balaban J connectivity index is 1.74. The van der Waals surface area contributed by atoms with Crippen LogP contribution in [0.15, 0.2) is 42.5 Å². The van der Waals surface area contributed by atoms with E-state index in [2.05, 4.69) is 12.2 Å². The molecule has 2 atom stereocenters. The molecule has 0 saturated carbocycles. The minimum absolute atomic E-state index is 0.0674. The number of hydroxylamine groups is 2. The minimum Gasteiger partial charge on any atom is -0.358 e. The van der Waals surface area contributed by atoms with Crippen molar-refractivity contribution in [2.24, 2.45) is 0 Å². The van der Waals surface area contributed by atoms with E-state index in [9.17, 15) is 14.4 Å². The van der Waals surface area contributed by atoms with Crippen molar-refractivity contribution in [3.05, 3.63) is 48.0 Å². The fourth-order valence-electron chi connectivity index (χ4n) is 3.15. The summed E-state index contributed by atoms with van der Waals surface area (Å²) in [5, 5.41) is 0.572. The van der Waals surface area contributed by atoms with Crippen molar-refractivity contribution < 1.29 is 24.0 Å². The molecule has 138 valence electrons. The van der Waals surface area contributed by atoms with Crippen molar-refractivity contribution in [1.29, 1.82) is 0 Å². The Bertz CT molecular complexity index is 669. The molecule has 1 aromatic carbocycles. The molecule has 2 amide bonds. The van der Waals surface area contributed by atoms with Crippen molar-refractivity contribution in [2.75, 3.05) is 0 Å². The summed E-state index contributed by atoms with van der Waals surface area (Å²) in [5.41, 5.74) is 0.647. The van der Waals surface area contributed by atoms with Gasteiger partial charge < -0.3 is 9.57 Å². The van der Waals surface area contributed by atoms with Crippen LogP contribution in [0.1, 0.15) is 56.6 Å². The van der Waals surface area contributed by atoms with E-state index in [1.54, 1.807) is 12.1 Å². The number of carbonyl (C=O) groups excluding carboxylic acids is 3. The maximum absolute atomic E-state index is 12.7. The van der Waals surface area contributed by atoms with Gasteiger partial charge in [0.2, 0.25) is 0 Å². The van der Waals surface area contributed by atoms with Gasteiger partial charge in [-0.05, 0) is 37.7 Å². The van der Waals surface area contributed by atoms with Gasteiger partial charge in [0.25, 0.3) is 11.8 Å². The van der Waals surface area contributed by atoms with E-state index in [0.29, 0.717) is 10.6 Å². The Morgan fingerprint density at radius 2 is 1.69 bits per heavy atom. The summed E-state index contributed by atoms with van der Waals surface area (Å²) in [6.07, 6.45) is 7.93. The van der Waals surface area contributed by atoms with Crippen LogP contribution in [0.2, 0.25) is 0 Å². The molecule has 0 bridgehead atoms. The first-order chi connectivity index (χ1) is 12.6. The molecule has 0 aromatic heterocycles. The highest BCUT2D eigenvalue weighted by atomic mass is 16.7. The van der Waals surface area contributed by atoms with Crippen molar-refractivity contribution in [2.45, 2.75) is 57.2 Å². The SMILES string of the molecule is O=C(ON1C(=O)CCC1=O)C(OC1CC/C=C/CCC1)c1ccccc1. The second kappa shape index (κ2) is 8.76. The average Bonchev–Trinajstić information content (AvgIpc) is 2.93. The Labute approximate surface area is 152 Å². The highest BCUT2D eigenvalue weighted by molar-refractivity contribution is 6.01. The molecule has 2 unspecified atom stereocenters. The molecular weight excluding hydrogens is 334 g/mol. The van der Waals surface area contributed by atoms with Gasteiger partial charge in [-0.15, -0.1) is 5.06 Å². The molecule has 6 nitrogen and oxygen atoms in total.